The van der Waals surface area contributed by atoms with E-state index in [0.717, 1.165) is 62.6 Å². The van der Waals surface area contributed by atoms with E-state index in [1.54, 1.807) is 0 Å². The van der Waals surface area contributed by atoms with Crippen LogP contribution in [0.5, 0.6) is 0 Å². The summed E-state index contributed by atoms with van der Waals surface area (Å²) >= 11 is 0. The van der Waals surface area contributed by atoms with Crippen molar-refractivity contribution in [1.29, 1.82) is 0 Å². The Morgan fingerprint density at radius 2 is 1.74 bits per heavy atom. The lowest BCUT2D eigenvalue weighted by molar-refractivity contribution is -0.176. The monoisotopic (exact) mass is 527 g/mol. The number of anilines is 1. The fourth-order valence-electron chi connectivity index (χ4n) is 7.57. The highest BCUT2D eigenvalue weighted by atomic mass is 19.3. The summed E-state index contributed by atoms with van der Waals surface area (Å²) in [6, 6.07) is 0.0894. The molecule has 7 rings (SSSR count). The third-order valence-corrected chi connectivity index (χ3v) is 9.96. The van der Waals surface area contributed by atoms with E-state index in [2.05, 4.69) is 25.1 Å². The highest BCUT2D eigenvalue weighted by Crippen LogP contribution is 2.45. The molecular weight excluding hydrogens is 488 g/mol. The van der Waals surface area contributed by atoms with E-state index in [1.807, 2.05) is 12.3 Å². The van der Waals surface area contributed by atoms with E-state index in [1.165, 1.54) is 24.2 Å². The van der Waals surface area contributed by atoms with Gasteiger partial charge in [-0.2, -0.15) is 13.8 Å². The van der Waals surface area contributed by atoms with Crippen molar-refractivity contribution < 1.29 is 13.6 Å². The molecule has 4 heterocycles. The first kappa shape index (κ1) is 24.7. The van der Waals surface area contributed by atoms with Gasteiger partial charge in [0.2, 0.25) is 5.95 Å². The molecule has 4 fully saturated rings. The van der Waals surface area contributed by atoms with Crippen LogP contribution >= 0.6 is 0 Å². The molecule has 206 valence electrons. The van der Waals surface area contributed by atoms with Gasteiger partial charge in [-0.05, 0) is 57.4 Å². The molecule has 0 atom stereocenters. The largest absolute Gasteiger partial charge is 0.351 e. The van der Waals surface area contributed by atoms with Gasteiger partial charge in [-0.15, -0.1) is 0 Å². The van der Waals surface area contributed by atoms with Gasteiger partial charge in [0.1, 0.15) is 11.3 Å². The van der Waals surface area contributed by atoms with Crippen LogP contribution in [0.3, 0.4) is 0 Å². The minimum absolute atomic E-state index is 0.0240. The van der Waals surface area contributed by atoms with Crippen molar-refractivity contribution in [2.75, 3.05) is 38.0 Å². The molecule has 0 radical (unpaired) electrons. The van der Waals surface area contributed by atoms with Crippen molar-refractivity contribution >= 4 is 22.9 Å². The van der Waals surface area contributed by atoms with E-state index in [0.29, 0.717) is 56.2 Å². The first-order valence-corrected chi connectivity index (χ1v) is 14.7. The van der Waals surface area contributed by atoms with Crippen LogP contribution in [0.25, 0.3) is 11.0 Å². The number of rotatable bonds is 5. The molecule has 3 aliphatic carbocycles. The molecule has 2 aromatic rings. The average molecular weight is 528 g/mol. The molecule has 2 aliphatic heterocycles. The standard InChI is InChI=1S/C28H39F2N7O/c29-28(30,20-4-5-20)36-14-12-35(13-15-36)22-8-6-21(7-9-22)33-26-31-17-19-16-23-25(38)32-18-27(10-2-1-3-11-27)37(23)24(19)34-26/h16-17,20-22H,1-15,18H2,(H,32,38)(H,31,33,34)/t21-,22-. The number of piperazine rings is 1. The second-order valence-electron chi connectivity index (χ2n) is 12.3. The number of nitrogens with zero attached hydrogens (tertiary/aromatic N) is 5. The number of carbonyl (C=O) groups excluding carboxylic acids is 1. The lowest BCUT2D eigenvalue weighted by Crippen LogP contribution is -2.56. The Balaban J connectivity index is 0.999. The normalized spacial score (nSPS) is 28.8. The molecule has 1 spiro atoms. The Hall–Kier alpha value is -2.33. The molecule has 3 saturated carbocycles. The van der Waals surface area contributed by atoms with E-state index in [9.17, 15) is 13.6 Å². The number of aromatic nitrogens is 3. The SMILES string of the molecule is O=C1NCC2(CCCCC2)n2c1cc1cnc(N[C@H]3CC[C@H](N4CCN(C(F)(F)C5CC5)CC4)CC3)nc12. The lowest BCUT2D eigenvalue weighted by atomic mass is 9.80. The van der Waals surface area contributed by atoms with Gasteiger partial charge in [0, 0.05) is 62.3 Å². The zero-order valence-electron chi connectivity index (χ0n) is 22.1. The Morgan fingerprint density at radius 3 is 2.45 bits per heavy atom. The van der Waals surface area contributed by atoms with Gasteiger partial charge < -0.3 is 15.2 Å². The van der Waals surface area contributed by atoms with Gasteiger partial charge >= 0.3 is 6.05 Å². The van der Waals surface area contributed by atoms with Gasteiger partial charge in [-0.3, -0.25) is 9.69 Å². The second kappa shape index (κ2) is 9.40. The highest BCUT2D eigenvalue weighted by molar-refractivity contribution is 5.99. The summed E-state index contributed by atoms with van der Waals surface area (Å²) in [5.41, 5.74) is 1.48. The number of nitrogens with one attached hydrogen (secondary N) is 2. The van der Waals surface area contributed by atoms with Crippen LogP contribution in [0.2, 0.25) is 0 Å². The Labute approximate surface area is 222 Å². The van der Waals surface area contributed by atoms with Gasteiger partial charge in [0.15, 0.2) is 0 Å². The third-order valence-electron chi connectivity index (χ3n) is 9.96. The minimum Gasteiger partial charge on any atom is -0.351 e. The highest BCUT2D eigenvalue weighted by Gasteiger charge is 2.51. The number of hydrogen-bond donors (Lipinski definition) is 2. The maximum absolute atomic E-state index is 14.5. The van der Waals surface area contributed by atoms with Crippen LogP contribution in [0.4, 0.5) is 14.7 Å². The fourth-order valence-corrected chi connectivity index (χ4v) is 7.57. The minimum atomic E-state index is -2.62. The van der Waals surface area contributed by atoms with E-state index in [-0.39, 0.29) is 11.4 Å². The summed E-state index contributed by atoms with van der Waals surface area (Å²) in [5.74, 6) is 0.193. The molecule has 8 nitrogen and oxygen atoms in total. The Kier molecular flexibility index (Phi) is 6.11. The van der Waals surface area contributed by atoms with Gasteiger partial charge in [0.05, 0.1) is 5.54 Å². The van der Waals surface area contributed by atoms with Crippen molar-refractivity contribution in [3.8, 4) is 0 Å². The molecule has 2 N–H and O–H groups in total. The first-order valence-electron chi connectivity index (χ1n) is 14.7. The van der Waals surface area contributed by atoms with E-state index in [4.69, 9.17) is 4.98 Å². The summed E-state index contributed by atoms with van der Waals surface area (Å²) in [7, 11) is 0. The zero-order valence-corrected chi connectivity index (χ0v) is 22.1. The summed E-state index contributed by atoms with van der Waals surface area (Å²) in [4.78, 5) is 26.1. The fraction of sp³-hybridized carbons (Fsp3) is 0.750. The van der Waals surface area contributed by atoms with Gasteiger partial charge in [-0.1, -0.05) is 19.3 Å². The second-order valence-corrected chi connectivity index (χ2v) is 12.3. The van der Waals surface area contributed by atoms with Crippen molar-refractivity contribution in [3.05, 3.63) is 18.0 Å². The van der Waals surface area contributed by atoms with Gasteiger partial charge in [-0.25, -0.2) is 9.88 Å². The first-order chi connectivity index (χ1) is 18.4. The molecule has 0 bridgehead atoms. The van der Waals surface area contributed by atoms with Crippen molar-refractivity contribution in [1.82, 2.24) is 29.7 Å². The van der Waals surface area contributed by atoms with Crippen molar-refractivity contribution in [3.63, 3.8) is 0 Å². The molecular formula is C28H39F2N7O. The molecule has 5 aliphatic rings. The van der Waals surface area contributed by atoms with Crippen LogP contribution in [0, 0.1) is 5.92 Å². The summed E-state index contributed by atoms with van der Waals surface area (Å²) in [6.45, 7) is 3.08. The quantitative estimate of drug-likeness (QED) is 0.569. The van der Waals surface area contributed by atoms with Crippen LogP contribution in [-0.4, -0.2) is 81.1 Å². The maximum atomic E-state index is 14.5. The van der Waals surface area contributed by atoms with Crippen molar-refractivity contribution in [2.45, 2.75) is 94.3 Å². The molecule has 2 aromatic heterocycles. The molecule has 10 heteroatoms. The third kappa shape index (κ3) is 4.28. The summed E-state index contributed by atoms with van der Waals surface area (Å²) < 4.78 is 31.2. The number of amides is 1. The number of halogens is 2. The topological polar surface area (TPSA) is 78.3 Å². The number of alkyl halides is 2. The molecule has 1 saturated heterocycles. The molecule has 1 amide bonds. The summed E-state index contributed by atoms with van der Waals surface area (Å²) in [6.07, 6.45) is 13.1. The van der Waals surface area contributed by atoms with Crippen LogP contribution in [-0.2, 0) is 5.54 Å². The van der Waals surface area contributed by atoms with E-state index >= 15 is 0 Å². The number of carbonyl (C=O) groups is 1. The average Bonchev–Trinajstić information content (AvgIpc) is 3.73. The van der Waals surface area contributed by atoms with Crippen LogP contribution < -0.4 is 10.6 Å². The number of fused-ring (bicyclic) bond motifs is 4. The molecule has 38 heavy (non-hydrogen) atoms. The Morgan fingerprint density at radius 1 is 1.00 bits per heavy atom. The predicted molar refractivity (Wildman–Crippen MR) is 141 cm³/mol. The lowest BCUT2D eigenvalue weighted by Gasteiger charge is -2.44. The van der Waals surface area contributed by atoms with Crippen LogP contribution in [0.1, 0.15) is 81.1 Å². The molecule has 0 unspecified atom stereocenters. The summed E-state index contributed by atoms with van der Waals surface area (Å²) in [5, 5.41) is 7.62. The maximum Gasteiger partial charge on any atom is 0.307 e. The molecule has 0 aromatic carbocycles. The van der Waals surface area contributed by atoms with Crippen molar-refractivity contribution in [2.24, 2.45) is 5.92 Å². The number of hydrogen-bond acceptors (Lipinski definition) is 6. The Bertz CT molecular complexity index is 1190. The van der Waals surface area contributed by atoms with E-state index < -0.39 is 12.0 Å². The van der Waals surface area contributed by atoms with Crippen LogP contribution in [0.15, 0.2) is 12.3 Å². The van der Waals surface area contributed by atoms with Gasteiger partial charge in [0.25, 0.3) is 5.91 Å². The zero-order chi connectivity index (χ0) is 25.9. The predicted octanol–water partition coefficient (Wildman–Crippen LogP) is 4.18. The smallest absolute Gasteiger partial charge is 0.307 e.